The monoisotopic (exact) mass is 1380 g/mol. The third-order valence-corrected chi connectivity index (χ3v) is 23.2. The van der Waals surface area contributed by atoms with Crippen LogP contribution in [0.4, 0.5) is 65.9 Å². The van der Waals surface area contributed by atoms with Gasteiger partial charge in [0.2, 0.25) is 69.7 Å². The molecule has 1 heterocycles. The smallest absolute Gasteiger partial charge is 0.868 e. The van der Waals surface area contributed by atoms with E-state index in [2.05, 4.69) is 36.8 Å². The molecule has 0 aromatic heterocycles. The quantitative estimate of drug-likeness (QED) is 0.0852. The Kier molecular flexibility index (Phi) is 44.7. The molecule has 0 N–H and O–H groups in total. The van der Waals surface area contributed by atoms with Gasteiger partial charge in [0.05, 0.1) is 0 Å². The molecule has 3 aromatic carbocycles. The Bertz CT molecular complexity index is 2270. The molecule has 1 aliphatic heterocycles. The molecule has 71 heavy (non-hydrogen) atoms. The summed E-state index contributed by atoms with van der Waals surface area (Å²) in [6.07, 6.45) is 0. The summed E-state index contributed by atoms with van der Waals surface area (Å²) in [7, 11) is -0.337. The third-order valence-electron chi connectivity index (χ3n) is 5.74. The Morgan fingerprint density at radius 2 is 0.535 bits per heavy atom. The van der Waals surface area contributed by atoms with Crippen LogP contribution >= 0.6 is 149 Å². The van der Waals surface area contributed by atoms with E-state index in [1.165, 1.54) is 0 Å². The van der Waals surface area contributed by atoms with E-state index in [0.717, 1.165) is 7.05 Å². The van der Waals surface area contributed by atoms with Crippen molar-refractivity contribution in [2.24, 2.45) is 27.8 Å². The van der Waals surface area contributed by atoms with Crippen molar-refractivity contribution in [3.8, 4) is 17.2 Å². The maximum Gasteiger partial charge on any atom is 1.00 e. The van der Waals surface area contributed by atoms with Crippen LogP contribution in [0.3, 0.4) is 0 Å². The summed E-state index contributed by atoms with van der Waals surface area (Å²) < 4.78 is 225. The summed E-state index contributed by atoms with van der Waals surface area (Å²) in [4.78, 5) is 0. The van der Waals surface area contributed by atoms with Crippen LogP contribution in [0.2, 0.25) is 0 Å². The second-order valence-corrected chi connectivity index (χ2v) is 40.5. The Labute approximate surface area is 472 Å². The summed E-state index contributed by atoms with van der Waals surface area (Å²) in [5.41, 5.74) is 0. The van der Waals surface area contributed by atoms with Crippen LogP contribution in [0.15, 0.2) is 27.8 Å². The minimum Gasteiger partial charge on any atom is -0.868 e. The number of benzene rings is 3. The van der Waals surface area contributed by atoms with Gasteiger partial charge in [-0.05, 0) is 86.5 Å². The van der Waals surface area contributed by atoms with Crippen molar-refractivity contribution < 1.29 is 110 Å². The minimum absolute atomic E-state index is 0. The molecule has 0 bridgehead atoms. The molecule has 0 radical (unpaired) electrons. The first kappa shape index (κ1) is 88.9. The maximum absolute atomic E-state index is 13.7. The minimum atomic E-state index is -4.36. The number of nitrogens with zero attached hydrogens (tertiary/aromatic N) is 6. The maximum atomic E-state index is 13.7. The summed E-state index contributed by atoms with van der Waals surface area (Å²) in [5, 5.41) is 10.2. The Balaban J connectivity index is -0.000000130. The van der Waals surface area contributed by atoms with Crippen molar-refractivity contribution in [3.05, 3.63) is 87.3 Å². The van der Waals surface area contributed by atoms with Crippen molar-refractivity contribution in [1.82, 2.24) is 0 Å². The largest absolute Gasteiger partial charge is 1.00 e. The molecule has 416 valence electrons. The fourth-order valence-corrected chi connectivity index (χ4v) is 22.8. The van der Waals surface area contributed by atoms with E-state index in [-0.39, 0.29) is 74.1 Å². The van der Waals surface area contributed by atoms with Crippen LogP contribution in [0, 0.1) is 87.3 Å². The molecule has 0 atom stereocenters. The summed E-state index contributed by atoms with van der Waals surface area (Å²) in [5.74, 6) is -54.3. The van der Waals surface area contributed by atoms with Crippen molar-refractivity contribution in [2.45, 2.75) is 44.6 Å². The van der Waals surface area contributed by atoms with E-state index >= 15 is 0 Å². The van der Waals surface area contributed by atoms with Crippen molar-refractivity contribution in [2.75, 3.05) is 41.1 Å². The molecule has 0 fully saturated rings. The normalized spacial score (nSPS) is 13.2. The van der Waals surface area contributed by atoms with Crippen LogP contribution < -0.4 is 43.7 Å². The molecule has 9 nitrogen and oxygen atoms in total. The van der Waals surface area contributed by atoms with Crippen molar-refractivity contribution >= 4 is 149 Å². The Morgan fingerprint density at radius 1 is 0.380 bits per heavy atom. The topological polar surface area (TPSA) is 116 Å². The van der Waals surface area contributed by atoms with E-state index in [1.807, 2.05) is 0 Å². The number of halogens is 25. The molecule has 0 saturated heterocycles. The zero-order valence-electron chi connectivity index (χ0n) is 32.0. The molecule has 0 aliphatic carbocycles. The average molecular weight is 1380 g/mol. The first-order valence-electron chi connectivity index (χ1n) is 14.5. The van der Waals surface area contributed by atoms with Gasteiger partial charge in [0.1, 0.15) is 11.5 Å². The molecule has 41 heteroatoms. The summed E-state index contributed by atoms with van der Waals surface area (Å²) >= 11 is 55.6. The molecule has 1 aliphatic rings. The predicted octanol–water partition coefficient (Wildman–Crippen LogP) is 20.9. The molecule has 0 unspecified atom stereocenters. The van der Waals surface area contributed by atoms with E-state index in [4.69, 9.17) is 112 Å². The zero-order chi connectivity index (χ0) is 51.0. The van der Waals surface area contributed by atoms with Gasteiger partial charge in [-0.15, -0.1) is 0 Å². The van der Waals surface area contributed by atoms with E-state index < -0.39 is 141 Å². The van der Waals surface area contributed by atoms with Gasteiger partial charge in [-0.1, -0.05) is 89.5 Å². The van der Waals surface area contributed by atoms with Crippen molar-refractivity contribution in [1.29, 1.82) is 0 Å². The van der Waals surface area contributed by atoms with Gasteiger partial charge in [0, 0.05) is 27.8 Å². The van der Waals surface area contributed by atoms with E-state index in [1.54, 1.807) is 27.4 Å². The molecule has 3 aromatic rings. The van der Waals surface area contributed by atoms with Crippen LogP contribution in [-0.4, -0.2) is 41.1 Å². The molecular weight excluding hydrogens is 1340 g/mol. The summed E-state index contributed by atoms with van der Waals surface area (Å²) in [6.45, 7) is 4.09. The third kappa shape index (κ3) is 28.1. The van der Waals surface area contributed by atoms with Gasteiger partial charge in [0.15, 0.2) is 29.1 Å². The first-order valence-corrected chi connectivity index (χ1v) is 35.0. The van der Waals surface area contributed by atoms with Crippen LogP contribution in [-0.2, 0) is 0 Å². The second-order valence-electron chi connectivity index (χ2n) is 10.4. The average Bonchev–Trinajstić information content (AvgIpc) is 3.17. The van der Waals surface area contributed by atoms with Crippen LogP contribution in [0.25, 0.3) is 0 Å². The number of hydrogen-bond acceptors (Lipinski definition) is 9. The molecule has 4 rings (SSSR count). The van der Waals surface area contributed by atoms with Gasteiger partial charge in [-0.2, -0.15) is 31.1 Å². The molecule has 0 spiro atoms. The first-order chi connectivity index (χ1) is 28.6. The fraction of sp³-hybridized carbons (Fsp3) is 0.400. The van der Waals surface area contributed by atoms with Gasteiger partial charge in [-0.3, -0.25) is 9.49 Å². The van der Waals surface area contributed by atoms with E-state index in [9.17, 15) is 71.0 Å². The van der Waals surface area contributed by atoms with Gasteiger partial charge < -0.3 is 14.2 Å². The Morgan fingerprint density at radius 3 is 0.690 bits per heavy atom. The van der Waals surface area contributed by atoms with Gasteiger partial charge in [0.25, 0.3) is 17.7 Å². The zero-order valence-corrected chi connectivity index (χ0v) is 47.0. The van der Waals surface area contributed by atoms with E-state index in [0.29, 0.717) is 6.66 Å². The molecule has 0 amide bonds. The van der Waals surface area contributed by atoms with Crippen molar-refractivity contribution in [3.63, 3.8) is 0 Å². The predicted molar refractivity (Wildman–Crippen MR) is 270 cm³/mol. The number of rotatable bonds is 4. The Hall–Kier alpha value is 1.29. The number of hydrogen-bond donors (Lipinski definition) is 0. The van der Waals surface area contributed by atoms with Crippen LogP contribution in [0.1, 0.15) is 44.6 Å². The van der Waals surface area contributed by atoms with Crippen LogP contribution in [0.5, 0.6) is 17.2 Å². The van der Waals surface area contributed by atoms with Gasteiger partial charge >= 0.3 is 37.1 Å². The summed E-state index contributed by atoms with van der Waals surface area (Å²) in [6, 6.07) is 0. The molecule has 0 saturated carbocycles. The fourth-order valence-electron chi connectivity index (χ4n) is 2.80. The molecular formula is C30H42Cl10F15N6NaO3P6. The SMILES string of the molecule is C.C.C.C.C.C.CN=P(C)(Cl)Cl.CN=P(C)(Cl)Cl.CN=P(C)(Oc1c(F)c(F)c(F)c(F)c1F)Oc1c(F)c(F)c(F)c(F)c1F.ClP1(Cl)=NP(Cl)(Cl)=NP(Cl)(Cl)=N1.[Na+].[O-]c1c(F)c(F)c(F)c(F)c1F. The standard InChI is InChI=1S/C14H6F10NO2P.C6HF5O.2C2H6Cl2NP.6CH4.Cl6N3P3.Na/c1-25-28(2,26-13-9(21)5(17)3(15)6(18)10(13)22)27-14-11(23)7(19)4(16)8(20)12(14)24;7-1-2(8)4(10)6(12)5(11)3(1)9;2*1-5-6(2,3)4;;;;;;;1-10(2)7-11(3,4)9-12(5,6)8-10;/h1-2H3;12H;2*1-2H3;6*1H4;;/q;;;;;;;;;;;+1/p-1. The van der Waals surface area contributed by atoms with Gasteiger partial charge in [-0.25, -0.2) is 53.0 Å². The second kappa shape index (κ2) is 35.7.